The van der Waals surface area contributed by atoms with Crippen LogP contribution in [0, 0.1) is 5.92 Å². The second kappa shape index (κ2) is 7.96. The number of anilines is 1. The summed E-state index contributed by atoms with van der Waals surface area (Å²) in [5.74, 6) is 0.0154. The van der Waals surface area contributed by atoms with E-state index in [0.29, 0.717) is 11.5 Å². The van der Waals surface area contributed by atoms with Crippen LogP contribution in [0.4, 0.5) is 5.69 Å². The number of ether oxygens (including phenoxy) is 2. The van der Waals surface area contributed by atoms with Crippen LogP contribution in [0.3, 0.4) is 0 Å². The molecule has 1 saturated heterocycles. The molecule has 2 aliphatic rings. The van der Waals surface area contributed by atoms with Gasteiger partial charge >= 0.3 is 0 Å². The van der Waals surface area contributed by atoms with Crippen molar-refractivity contribution < 1.29 is 19.1 Å². The van der Waals surface area contributed by atoms with E-state index in [1.165, 1.54) is 0 Å². The molecule has 5 rings (SSSR count). The van der Waals surface area contributed by atoms with E-state index in [9.17, 15) is 9.59 Å². The highest BCUT2D eigenvalue weighted by Crippen LogP contribution is 2.59. The molecule has 3 aromatic rings. The second-order valence-corrected chi connectivity index (χ2v) is 8.60. The number of hydrogen-bond acceptors (Lipinski definition) is 4. The number of hydrogen-bond donors (Lipinski definition) is 2. The topological polar surface area (TPSA) is 76.7 Å². The molecule has 4 atom stereocenters. The Labute approximate surface area is 192 Å². The number of benzene rings is 3. The van der Waals surface area contributed by atoms with Crippen LogP contribution in [0.25, 0.3) is 0 Å². The lowest BCUT2D eigenvalue weighted by atomic mass is 9.56. The van der Waals surface area contributed by atoms with Gasteiger partial charge in [0.2, 0.25) is 11.8 Å². The van der Waals surface area contributed by atoms with Gasteiger partial charge in [0.25, 0.3) is 0 Å². The molecule has 1 fully saturated rings. The van der Waals surface area contributed by atoms with Crippen LogP contribution >= 0.6 is 0 Å². The number of carbonyl (C=O) groups is 2. The Morgan fingerprint density at radius 3 is 2.33 bits per heavy atom. The quantitative estimate of drug-likeness (QED) is 0.635. The van der Waals surface area contributed by atoms with Gasteiger partial charge in [-0.15, -0.1) is 0 Å². The summed E-state index contributed by atoms with van der Waals surface area (Å²) in [5, 5.41) is 6.28. The second-order valence-electron chi connectivity index (χ2n) is 8.60. The SMILES string of the molecule is COc1ccc(OC)c([C@@H]2[C@H](C)C(=O)N[C@H](c3ccccc3)[C@@]23C(=O)Nc2ccccc23)c1. The summed E-state index contributed by atoms with van der Waals surface area (Å²) in [5.41, 5.74) is 2.19. The highest BCUT2D eigenvalue weighted by atomic mass is 16.5. The molecule has 6 nitrogen and oxygen atoms in total. The Bertz CT molecular complexity index is 1230. The van der Waals surface area contributed by atoms with Crippen molar-refractivity contribution in [2.75, 3.05) is 19.5 Å². The lowest BCUT2D eigenvalue weighted by molar-refractivity contribution is -0.135. The Kier molecular flexibility index (Phi) is 5.08. The fourth-order valence-corrected chi connectivity index (χ4v) is 5.60. The van der Waals surface area contributed by atoms with Crippen molar-refractivity contribution >= 4 is 17.5 Å². The van der Waals surface area contributed by atoms with Gasteiger partial charge in [-0.05, 0) is 35.4 Å². The molecule has 168 valence electrons. The van der Waals surface area contributed by atoms with E-state index in [1.54, 1.807) is 14.2 Å². The van der Waals surface area contributed by atoms with Crippen LogP contribution < -0.4 is 20.1 Å². The Morgan fingerprint density at radius 1 is 0.879 bits per heavy atom. The minimum Gasteiger partial charge on any atom is -0.497 e. The number of rotatable bonds is 4. The average molecular weight is 443 g/mol. The Balaban J connectivity index is 1.86. The lowest BCUT2D eigenvalue weighted by Crippen LogP contribution is -2.60. The summed E-state index contributed by atoms with van der Waals surface area (Å²) in [7, 11) is 3.20. The first-order chi connectivity index (χ1) is 16.0. The van der Waals surface area contributed by atoms with Gasteiger partial charge in [-0.25, -0.2) is 0 Å². The molecular weight excluding hydrogens is 416 g/mol. The largest absolute Gasteiger partial charge is 0.497 e. The first-order valence-corrected chi connectivity index (χ1v) is 11.0. The van der Waals surface area contributed by atoms with Crippen LogP contribution in [0.1, 0.15) is 35.6 Å². The zero-order chi connectivity index (χ0) is 23.2. The average Bonchev–Trinajstić information content (AvgIpc) is 3.14. The number of piperidine rings is 1. The number of para-hydroxylation sites is 1. The van der Waals surface area contributed by atoms with Crippen molar-refractivity contribution in [1.29, 1.82) is 0 Å². The maximum Gasteiger partial charge on any atom is 0.238 e. The summed E-state index contributed by atoms with van der Waals surface area (Å²) in [6.45, 7) is 1.87. The van der Waals surface area contributed by atoms with Crippen LogP contribution in [0.2, 0.25) is 0 Å². The third-order valence-electron chi connectivity index (χ3n) is 7.05. The summed E-state index contributed by atoms with van der Waals surface area (Å²) in [6.07, 6.45) is 0. The van der Waals surface area contributed by atoms with Crippen LogP contribution in [-0.2, 0) is 15.0 Å². The molecule has 1 spiro atoms. The molecule has 0 aliphatic carbocycles. The van der Waals surface area contributed by atoms with Gasteiger partial charge in [0, 0.05) is 23.1 Å². The Hall–Kier alpha value is -3.80. The first-order valence-electron chi connectivity index (χ1n) is 11.0. The number of fused-ring (bicyclic) bond motifs is 2. The molecule has 0 saturated carbocycles. The van der Waals surface area contributed by atoms with Crippen molar-refractivity contribution in [3.05, 3.63) is 89.5 Å². The standard InChI is InChI=1S/C27H26N2O4/c1-16-23(19-15-18(32-2)13-14-22(19)33-3)27(20-11-7-8-12-21(20)28-26(27)31)24(29-25(16)30)17-9-5-4-6-10-17/h4-16,23-24H,1-3H3,(H,28,31)(H,29,30)/t16-,23-,24+,27-/m0/s1. The summed E-state index contributed by atoms with van der Waals surface area (Å²) in [4.78, 5) is 27.4. The van der Waals surface area contributed by atoms with Crippen LogP contribution in [-0.4, -0.2) is 26.0 Å². The number of nitrogens with one attached hydrogen (secondary N) is 2. The van der Waals surface area contributed by atoms with Gasteiger partial charge in [0.05, 0.1) is 20.3 Å². The van der Waals surface area contributed by atoms with E-state index in [0.717, 1.165) is 22.4 Å². The van der Waals surface area contributed by atoms with E-state index >= 15 is 0 Å². The molecule has 0 unspecified atom stereocenters. The molecule has 0 aromatic heterocycles. The fraction of sp³-hybridized carbons (Fsp3) is 0.259. The minimum atomic E-state index is -1.08. The van der Waals surface area contributed by atoms with Crippen molar-refractivity contribution in [1.82, 2.24) is 5.32 Å². The van der Waals surface area contributed by atoms with Gasteiger partial charge in [-0.2, -0.15) is 0 Å². The minimum absolute atomic E-state index is 0.110. The van der Waals surface area contributed by atoms with E-state index in [-0.39, 0.29) is 11.8 Å². The van der Waals surface area contributed by atoms with Crippen molar-refractivity contribution in [2.24, 2.45) is 5.92 Å². The molecule has 3 aromatic carbocycles. The maximum atomic E-state index is 14.0. The number of carbonyl (C=O) groups excluding carboxylic acids is 2. The first kappa shape index (κ1) is 21.1. The van der Waals surface area contributed by atoms with E-state index < -0.39 is 23.3 Å². The molecule has 2 N–H and O–H groups in total. The zero-order valence-corrected chi connectivity index (χ0v) is 18.8. The highest BCUT2D eigenvalue weighted by molar-refractivity contribution is 6.09. The molecular formula is C27H26N2O4. The van der Waals surface area contributed by atoms with Gasteiger partial charge in [0.1, 0.15) is 16.9 Å². The molecule has 6 heteroatoms. The molecule has 33 heavy (non-hydrogen) atoms. The third-order valence-corrected chi connectivity index (χ3v) is 7.05. The monoisotopic (exact) mass is 442 g/mol. The molecule has 0 radical (unpaired) electrons. The van der Waals surface area contributed by atoms with Gasteiger partial charge in [0.15, 0.2) is 0 Å². The predicted octanol–water partition coefficient (Wildman–Crippen LogP) is 4.18. The zero-order valence-electron chi connectivity index (χ0n) is 18.8. The van der Waals surface area contributed by atoms with Crippen molar-refractivity contribution in [3.8, 4) is 11.5 Å². The normalized spacial score (nSPS) is 25.8. The Morgan fingerprint density at radius 2 is 1.61 bits per heavy atom. The van der Waals surface area contributed by atoms with Gasteiger partial charge in [-0.1, -0.05) is 55.5 Å². The van der Waals surface area contributed by atoms with Crippen molar-refractivity contribution in [3.63, 3.8) is 0 Å². The molecule has 2 aliphatic heterocycles. The van der Waals surface area contributed by atoms with Gasteiger partial charge in [-0.3, -0.25) is 9.59 Å². The molecule has 2 heterocycles. The number of methoxy groups -OCH3 is 2. The molecule has 2 amide bonds. The third kappa shape index (κ3) is 3.01. The van der Waals surface area contributed by atoms with E-state index in [1.807, 2.05) is 79.7 Å². The van der Waals surface area contributed by atoms with Crippen LogP contribution in [0.15, 0.2) is 72.8 Å². The maximum absolute atomic E-state index is 14.0. The smallest absolute Gasteiger partial charge is 0.238 e. The van der Waals surface area contributed by atoms with Crippen molar-refractivity contribution in [2.45, 2.75) is 24.3 Å². The number of amides is 2. The van der Waals surface area contributed by atoms with Gasteiger partial charge < -0.3 is 20.1 Å². The highest BCUT2D eigenvalue weighted by Gasteiger charge is 2.63. The molecule has 0 bridgehead atoms. The summed E-state index contributed by atoms with van der Waals surface area (Å²) >= 11 is 0. The lowest BCUT2D eigenvalue weighted by Gasteiger charge is -2.49. The van der Waals surface area contributed by atoms with Crippen LogP contribution in [0.5, 0.6) is 11.5 Å². The summed E-state index contributed by atoms with van der Waals surface area (Å²) < 4.78 is 11.2. The van der Waals surface area contributed by atoms with E-state index in [4.69, 9.17) is 9.47 Å². The van der Waals surface area contributed by atoms with E-state index in [2.05, 4.69) is 10.6 Å². The fourth-order valence-electron chi connectivity index (χ4n) is 5.60. The summed E-state index contributed by atoms with van der Waals surface area (Å²) in [6, 6.07) is 22.4. The predicted molar refractivity (Wildman–Crippen MR) is 126 cm³/mol.